The first-order valence-corrected chi connectivity index (χ1v) is 7.56. The molecule has 0 unspecified atom stereocenters. The SMILES string of the molecule is O=[N+]([O-])c1cccc(-c2cc(Cc3ccccc3)[nH]c(=S)n2)c1O. The number of nitro groups is 1. The minimum atomic E-state index is -0.632. The maximum atomic E-state index is 11.0. The van der Waals surface area contributed by atoms with Crippen molar-refractivity contribution in [3.8, 4) is 17.0 Å². The summed E-state index contributed by atoms with van der Waals surface area (Å²) < 4.78 is 0.254. The predicted octanol–water partition coefficient (Wildman–Crippen LogP) is 4.01. The molecule has 1 heterocycles. The van der Waals surface area contributed by atoms with Gasteiger partial charge in [-0.1, -0.05) is 36.4 Å². The highest BCUT2D eigenvalue weighted by molar-refractivity contribution is 7.71. The van der Waals surface area contributed by atoms with Crippen LogP contribution in [-0.2, 0) is 6.42 Å². The number of H-pyrrole nitrogens is 1. The number of phenolic OH excluding ortho intramolecular Hbond substituents is 1. The van der Waals surface area contributed by atoms with E-state index in [1.54, 1.807) is 12.1 Å². The molecule has 0 saturated carbocycles. The molecule has 0 amide bonds. The van der Waals surface area contributed by atoms with E-state index in [1.165, 1.54) is 12.1 Å². The molecule has 120 valence electrons. The summed E-state index contributed by atoms with van der Waals surface area (Å²) in [6.45, 7) is 0. The molecule has 0 radical (unpaired) electrons. The third-order valence-corrected chi connectivity index (χ3v) is 3.72. The van der Waals surface area contributed by atoms with E-state index in [0.717, 1.165) is 11.3 Å². The lowest BCUT2D eigenvalue weighted by Crippen LogP contribution is -1.97. The van der Waals surface area contributed by atoms with Crippen LogP contribution in [0.2, 0.25) is 0 Å². The number of para-hydroxylation sites is 1. The van der Waals surface area contributed by atoms with Gasteiger partial charge in [0.1, 0.15) is 0 Å². The summed E-state index contributed by atoms with van der Waals surface area (Å²) >= 11 is 5.15. The highest BCUT2D eigenvalue weighted by atomic mass is 32.1. The third-order valence-electron chi connectivity index (χ3n) is 3.53. The Kier molecular flexibility index (Phi) is 4.35. The summed E-state index contributed by atoms with van der Waals surface area (Å²) in [6, 6.07) is 15.9. The van der Waals surface area contributed by atoms with Gasteiger partial charge in [-0.15, -0.1) is 0 Å². The number of hydrogen-bond donors (Lipinski definition) is 2. The van der Waals surface area contributed by atoms with Gasteiger partial charge >= 0.3 is 5.69 Å². The van der Waals surface area contributed by atoms with Gasteiger partial charge in [0, 0.05) is 23.7 Å². The Bertz CT molecular complexity index is 955. The zero-order valence-electron chi connectivity index (χ0n) is 12.5. The first kappa shape index (κ1) is 15.8. The molecule has 7 heteroatoms. The molecule has 0 spiro atoms. The van der Waals surface area contributed by atoms with E-state index < -0.39 is 10.7 Å². The van der Waals surface area contributed by atoms with E-state index in [0.29, 0.717) is 12.1 Å². The van der Waals surface area contributed by atoms with Crippen LogP contribution in [0.15, 0.2) is 54.6 Å². The number of hydrogen-bond acceptors (Lipinski definition) is 5. The molecule has 0 aliphatic carbocycles. The van der Waals surface area contributed by atoms with Crippen LogP contribution in [0.5, 0.6) is 5.75 Å². The van der Waals surface area contributed by atoms with E-state index in [9.17, 15) is 15.2 Å². The Morgan fingerprint density at radius 3 is 2.62 bits per heavy atom. The predicted molar refractivity (Wildman–Crippen MR) is 92.4 cm³/mol. The van der Waals surface area contributed by atoms with Gasteiger partial charge in [0.05, 0.1) is 10.6 Å². The number of aromatic hydroxyl groups is 1. The van der Waals surface area contributed by atoms with Crippen LogP contribution in [-0.4, -0.2) is 20.0 Å². The number of rotatable bonds is 4. The minimum absolute atomic E-state index is 0.254. The fourth-order valence-corrected chi connectivity index (χ4v) is 2.67. The van der Waals surface area contributed by atoms with Gasteiger partial charge in [-0.3, -0.25) is 10.1 Å². The molecule has 0 fully saturated rings. The summed E-state index contributed by atoms with van der Waals surface area (Å²) in [5.74, 6) is -0.415. The van der Waals surface area contributed by atoms with Gasteiger partial charge in [-0.05, 0) is 29.9 Å². The maximum Gasteiger partial charge on any atom is 0.311 e. The maximum absolute atomic E-state index is 11.0. The van der Waals surface area contributed by atoms with Crippen molar-refractivity contribution in [3.05, 3.63) is 80.7 Å². The second-order valence-electron chi connectivity index (χ2n) is 5.19. The van der Waals surface area contributed by atoms with E-state index in [4.69, 9.17) is 12.2 Å². The molecule has 0 atom stereocenters. The second kappa shape index (κ2) is 6.59. The molecule has 6 nitrogen and oxygen atoms in total. The van der Waals surface area contributed by atoms with Crippen LogP contribution in [0.4, 0.5) is 5.69 Å². The lowest BCUT2D eigenvalue weighted by Gasteiger charge is -2.07. The van der Waals surface area contributed by atoms with Crippen molar-refractivity contribution in [3.63, 3.8) is 0 Å². The van der Waals surface area contributed by atoms with Gasteiger partial charge < -0.3 is 10.1 Å². The molecule has 24 heavy (non-hydrogen) atoms. The summed E-state index contributed by atoms with van der Waals surface area (Å²) in [5.41, 5.74) is 2.20. The van der Waals surface area contributed by atoms with Crippen molar-refractivity contribution in [2.24, 2.45) is 0 Å². The molecule has 2 aromatic carbocycles. The first-order chi connectivity index (χ1) is 11.5. The standard InChI is InChI=1S/C17H13N3O3S/c21-16-13(7-4-8-15(16)20(22)23)14-10-12(18-17(24)19-14)9-11-5-2-1-3-6-11/h1-8,10,21H,9H2,(H,18,19,24). The molecular weight excluding hydrogens is 326 g/mol. The molecular formula is C17H13N3O3S. The molecule has 0 bridgehead atoms. The molecule has 0 saturated heterocycles. The van der Waals surface area contributed by atoms with Crippen LogP contribution in [0, 0.1) is 14.9 Å². The number of nitrogens with zero attached hydrogens (tertiary/aromatic N) is 2. The van der Waals surface area contributed by atoms with Gasteiger partial charge in [0.25, 0.3) is 0 Å². The summed E-state index contributed by atoms with van der Waals surface area (Å²) in [6.07, 6.45) is 0.607. The normalized spacial score (nSPS) is 10.5. The minimum Gasteiger partial charge on any atom is -0.502 e. The Labute approximate surface area is 142 Å². The number of nitro benzene ring substituents is 1. The highest BCUT2D eigenvalue weighted by Gasteiger charge is 2.18. The fourth-order valence-electron chi connectivity index (χ4n) is 2.44. The topological polar surface area (TPSA) is 92.0 Å². The molecule has 2 N–H and O–H groups in total. The van der Waals surface area contributed by atoms with Crippen molar-refractivity contribution < 1.29 is 10.0 Å². The van der Waals surface area contributed by atoms with Crippen molar-refractivity contribution in [2.75, 3.05) is 0 Å². The van der Waals surface area contributed by atoms with Crippen LogP contribution >= 0.6 is 12.2 Å². The van der Waals surface area contributed by atoms with Crippen molar-refractivity contribution >= 4 is 17.9 Å². The zero-order chi connectivity index (χ0) is 17.1. The van der Waals surface area contributed by atoms with Crippen LogP contribution in [0.1, 0.15) is 11.3 Å². The van der Waals surface area contributed by atoms with Crippen LogP contribution in [0.3, 0.4) is 0 Å². The Morgan fingerprint density at radius 2 is 1.92 bits per heavy atom. The van der Waals surface area contributed by atoms with Crippen molar-refractivity contribution in [2.45, 2.75) is 6.42 Å². The van der Waals surface area contributed by atoms with Crippen molar-refractivity contribution in [1.29, 1.82) is 0 Å². The van der Waals surface area contributed by atoms with E-state index in [-0.39, 0.29) is 16.0 Å². The molecule has 1 aromatic heterocycles. The van der Waals surface area contributed by atoms with E-state index in [2.05, 4.69) is 9.97 Å². The second-order valence-corrected chi connectivity index (χ2v) is 5.58. The Balaban J connectivity index is 2.05. The quantitative estimate of drug-likeness (QED) is 0.426. The lowest BCUT2D eigenvalue weighted by molar-refractivity contribution is -0.385. The third kappa shape index (κ3) is 3.31. The number of aromatic nitrogens is 2. The Morgan fingerprint density at radius 1 is 1.17 bits per heavy atom. The fraction of sp³-hybridized carbons (Fsp3) is 0.0588. The number of nitrogens with one attached hydrogen (secondary N) is 1. The van der Waals surface area contributed by atoms with Gasteiger partial charge in [-0.2, -0.15) is 0 Å². The Hall–Kier alpha value is -3.06. The lowest BCUT2D eigenvalue weighted by atomic mass is 10.1. The zero-order valence-corrected chi connectivity index (χ0v) is 13.3. The largest absolute Gasteiger partial charge is 0.502 e. The number of benzene rings is 2. The summed E-state index contributed by atoms with van der Waals surface area (Å²) in [5, 5.41) is 21.1. The van der Waals surface area contributed by atoms with E-state index >= 15 is 0 Å². The molecule has 3 aromatic rings. The smallest absolute Gasteiger partial charge is 0.311 e. The number of phenols is 1. The average Bonchev–Trinajstić information content (AvgIpc) is 2.55. The van der Waals surface area contributed by atoms with Crippen LogP contribution in [0.25, 0.3) is 11.3 Å². The average molecular weight is 339 g/mol. The van der Waals surface area contributed by atoms with Gasteiger partial charge in [0.15, 0.2) is 4.77 Å². The van der Waals surface area contributed by atoms with Gasteiger partial charge in [-0.25, -0.2) is 4.98 Å². The van der Waals surface area contributed by atoms with E-state index in [1.807, 2.05) is 30.3 Å². The van der Waals surface area contributed by atoms with Crippen LogP contribution < -0.4 is 0 Å². The molecule has 0 aliphatic rings. The summed E-state index contributed by atoms with van der Waals surface area (Å²) in [4.78, 5) is 17.5. The highest BCUT2D eigenvalue weighted by Crippen LogP contribution is 2.35. The molecule has 0 aliphatic heterocycles. The summed E-state index contributed by atoms with van der Waals surface area (Å²) in [7, 11) is 0. The molecule has 3 rings (SSSR count). The monoisotopic (exact) mass is 339 g/mol. The number of aromatic amines is 1. The first-order valence-electron chi connectivity index (χ1n) is 7.15. The van der Waals surface area contributed by atoms with Crippen molar-refractivity contribution in [1.82, 2.24) is 9.97 Å². The van der Waals surface area contributed by atoms with Gasteiger partial charge in [0.2, 0.25) is 5.75 Å².